The molecule has 1 aliphatic heterocycles. The summed E-state index contributed by atoms with van der Waals surface area (Å²) in [6.45, 7) is -1.84. The summed E-state index contributed by atoms with van der Waals surface area (Å²) in [6, 6.07) is 4.68. The number of ether oxygens (including phenoxy) is 1. The highest BCUT2D eigenvalue weighted by Gasteiger charge is 2.23. The molecule has 20 heavy (non-hydrogen) atoms. The standard InChI is InChI=1S/C13H16F2N2O2Si/c14-13(15)18-7-1-3-9-11(5-7)19-12(17-9)10-4-2-8(20)6-16-10/h1,3,5,8,10,13,16H,2,4,6H2,20H3/t8?,10-/m1/s1. The van der Waals surface area contributed by atoms with Crippen LogP contribution in [-0.4, -0.2) is 28.4 Å². The van der Waals surface area contributed by atoms with E-state index in [-0.39, 0.29) is 11.8 Å². The number of rotatable bonds is 3. The number of oxazole rings is 1. The van der Waals surface area contributed by atoms with Crippen molar-refractivity contribution in [1.29, 1.82) is 0 Å². The first-order valence-corrected chi connectivity index (χ1v) is 7.86. The summed E-state index contributed by atoms with van der Waals surface area (Å²) < 4.78 is 34.4. The third kappa shape index (κ3) is 2.83. The van der Waals surface area contributed by atoms with Crippen LogP contribution in [0.2, 0.25) is 5.54 Å². The number of hydrogen-bond donors (Lipinski definition) is 1. The Bertz CT molecular complexity index is 597. The minimum Gasteiger partial charge on any atom is -0.439 e. The fourth-order valence-corrected chi connectivity index (χ4v) is 3.03. The van der Waals surface area contributed by atoms with E-state index in [1.54, 1.807) is 6.07 Å². The number of piperidine rings is 1. The van der Waals surface area contributed by atoms with Gasteiger partial charge in [0.2, 0.25) is 5.89 Å². The van der Waals surface area contributed by atoms with Crippen LogP contribution in [0.15, 0.2) is 22.6 Å². The van der Waals surface area contributed by atoms with Crippen LogP contribution in [0.5, 0.6) is 5.75 Å². The normalized spacial score (nSPS) is 23.6. The van der Waals surface area contributed by atoms with E-state index in [0.717, 1.165) is 18.5 Å². The fourth-order valence-electron chi connectivity index (χ4n) is 2.46. The van der Waals surface area contributed by atoms with Crippen LogP contribution in [0, 0.1) is 0 Å². The number of fused-ring (bicyclic) bond motifs is 1. The number of aromatic nitrogens is 1. The van der Waals surface area contributed by atoms with Crippen molar-refractivity contribution in [2.45, 2.75) is 31.0 Å². The van der Waals surface area contributed by atoms with Gasteiger partial charge in [-0.2, -0.15) is 8.78 Å². The van der Waals surface area contributed by atoms with E-state index in [4.69, 9.17) is 4.42 Å². The lowest BCUT2D eigenvalue weighted by Gasteiger charge is -2.25. The predicted octanol–water partition coefficient (Wildman–Crippen LogP) is 2.01. The van der Waals surface area contributed by atoms with Gasteiger partial charge in [-0.1, -0.05) is 6.42 Å². The first kappa shape index (κ1) is 13.5. The highest BCUT2D eigenvalue weighted by atomic mass is 28.1. The van der Waals surface area contributed by atoms with Crippen molar-refractivity contribution in [3.05, 3.63) is 24.1 Å². The fraction of sp³-hybridized carbons (Fsp3) is 0.462. The van der Waals surface area contributed by atoms with Gasteiger partial charge in [-0.3, -0.25) is 0 Å². The Kier molecular flexibility index (Phi) is 3.71. The molecular formula is C13H16F2N2O2Si. The Morgan fingerprint density at radius 1 is 1.40 bits per heavy atom. The molecule has 2 aromatic rings. The maximum Gasteiger partial charge on any atom is 0.387 e. The molecule has 0 aliphatic carbocycles. The zero-order chi connectivity index (χ0) is 14.1. The lowest BCUT2D eigenvalue weighted by Crippen LogP contribution is -2.30. The van der Waals surface area contributed by atoms with Crippen LogP contribution < -0.4 is 10.1 Å². The number of hydrogen-bond acceptors (Lipinski definition) is 4. The molecule has 1 saturated heterocycles. The number of nitrogens with one attached hydrogen (secondary N) is 1. The summed E-state index contributed by atoms with van der Waals surface area (Å²) in [5.41, 5.74) is 1.94. The molecule has 1 aromatic carbocycles. The maximum absolute atomic E-state index is 12.2. The molecule has 0 radical (unpaired) electrons. The van der Waals surface area contributed by atoms with Crippen molar-refractivity contribution in [1.82, 2.24) is 10.3 Å². The second-order valence-corrected chi connectivity index (χ2v) is 6.84. The molecule has 7 heteroatoms. The first-order chi connectivity index (χ1) is 9.61. The second-order valence-electron chi connectivity index (χ2n) is 5.20. The zero-order valence-electron chi connectivity index (χ0n) is 11.1. The number of alkyl halides is 2. The van der Waals surface area contributed by atoms with E-state index in [0.29, 0.717) is 17.0 Å². The first-order valence-electron chi connectivity index (χ1n) is 6.70. The summed E-state index contributed by atoms with van der Waals surface area (Å²) >= 11 is 0. The molecule has 1 N–H and O–H groups in total. The summed E-state index contributed by atoms with van der Waals surface area (Å²) in [5, 5.41) is 3.42. The molecule has 0 amide bonds. The Labute approximate surface area is 117 Å². The van der Waals surface area contributed by atoms with Gasteiger partial charge in [-0.15, -0.1) is 0 Å². The quantitative estimate of drug-likeness (QED) is 0.881. The van der Waals surface area contributed by atoms with Crippen LogP contribution in [0.1, 0.15) is 24.8 Å². The predicted molar refractivity (Wildman–Crippen MR) is 74.3 cm³/mol. The Morgan fingerprint density at radius 2 is 2.25 bits per heavy atom. The molecule has 1 unspecified atom stereocenters. The summed E-state index contributed by atoms with van der Waals surface area (Å²) in [6.07, 6.45) is 2.18. The lowest BCUT2D eigenvalue weighted by molar-refractivity contribution is -0.0497. The lowest BCUT2D eigenvalue weighted by atomic mass is 10.0. The topological polar surface area (TPSA) is 47.3 Å². The van der Waals surface area contributed by atoms with Crippen LogP contribution in [0.4, 0.5) is 8.78 Å². The van der Waals surface area contributed by atoms with E-state index < -0.39 is 6.61 Å². The van der Waals surface area contributed by atoms with Gasteiger partial charge in [0.1, 0.15) is 11.3 Å². The van der Waals surface area contributed by atoms with Gasteiger partial charge in [0.25, 0.3) is 0 Å². The molecule has 0 saturated carbocycles. The second kappa shape index (κ2) is 5.49. The molecular weight excluding hydrogens is 282 g/mol. The SMILES string of the molecule is FC(F)Oc1ccc2nc([C@H]3CCC([SiH3])CN3)oc2c1. The molecule has 0 spiro atoms. The maximum atomic E-state index is 12.2. The van der Waals surface area contributed by atoms with Gasteiger partial charge in [-0.05, 0) is 30.6 Å². The van der Waals surface area contributed by atoms with E-state index in [1.807, 2.05) is 0 Å². The summed E-state index contributed by atoms with van der Waals surface area (Å²) in [4.78, 5) is 4.42. The van der Waals surface area contributed by atoms with Crippen molar-refractivity contribution >= 4 is 21.3 Å². The average molecular weight is 298 g/mol. The molecule has 2 atom stereocenters. The van der Waals surface area contributed by atoms with E-state index in [2.05, 4.69) is 15.0 Å². The minimum absolute atomic E-state index is 0.0893. The molecule has 2 heterocycles. The molecule has 1 aliphatic rings. The smallest absolute Gasteiger partial charge is 0.387 e. The van der Waals surface area contributed by atoms with Crippen molar-refractivity contribution in [3.63, 3.8) is 0 Å². The third-order valence-electron chi connectivity index (χ3n) is 3.56. The van der Waals surface area contributed by atoms with E-state index in [9.17, 15) is 8.78 Å². The molecule has 3 rings (SSSR count). The molecule has 4 nitrogen and oxygen atoms in total. The number of halogens is 2. The van der Waals surface area contributed by atoms with Gasteiger partial charge in [-0.25, -0.2) is 4.98 Å². The number of benzene rings is 1. The van der Waals surface area contributed by atoms with Crippen molar-refractivity contribution in [2.75, 3.05) is 6.54 Å². The van der Waals surface area contributed by atoms with Gasteiger partial charge in [0.05, 0.1) is 6.04 Å². The number of nitrogens with zero attached hydrogens (tertiary/aromatic N) is 1. The van der Waals surface area contributed by atoms with Crippen LogP contribution in [0.25, 0.3) is 11.1 Å². The van der Waals surface area contributed by atoms with Gasteiger partial charge >= 0.3 is 6.61 Å². The van der Waals surface area contributed by atoms with Crippen LogP contribution >= 0.6 is 0 Å². The monoisotopic (exact) mass is 298 g/mol. The largest absolute Gasteiger partial charge is 0.439 e. The summed E-state index contributed by atoms with van der Waals surface area (Å²) in [5.74, 6) is 0.717. The highest BCUT2D eigenvalue weighted by Crippen LogP contribution is 2.30. The van der Waals surface area contributed by atoms with Gasteiger partial charge in [0, 0.05) is 16.3 Å². The highest BCUT2D eigenvalue weighted by molar-refractivity contribution is 6.11. The van der Waals surface area contributed by atoms with E-state index >= 15 is 0 Å². The Morgan fingerprint density at radius 3 is 2.95 bits per heavy atom. The molecule has 0 bridgehead atoms. The van der Waals surface area contributed by atoms with Gasteiger partial charge < -0.3 is 14.5 Å². The minimum atomic E-state index is -2.83. The van der Waals surface area contributed by atoms with E-state index in [1.165, 1.54) is 28.8 Å². The van der Waals surface area contributed by atoms with Crippen LogP contribution in [-0.2, 0) is 0 Å². The molecule has 1 fully saturated rings. The van der Waals surface area contributed by atoms with Gasteiger partial charge in [0.15, 0.2) is 5.58 Å². The third-order valence-corrected chi connectivity index (χ3v) is 4.55. The van der Waals surface area contributed by atoms with Crippen LogP contribution in [0.3, 0.4) is 0 Å². The average Bonchev–Trinajstić information content (AvgIpc) is 2.81. The zero-order valence-corrected chi connectivity index (χ0v) is 13.1. The molecule has 1 aromatic heterocycles. The van der Waals surface area contributed by atoms with Crippen molar-refractivity contribution in [3.8, 4) is 5.75 Å². The Hall–Kier alpha value is -1.47. The summed E-state index contributed by atoms with van der Waals surface area (Å²) in [7, 11) is 1.19. The van der Waals surface area contributed by atoms with Crippen molar-refractivity contribution in [2.24, 2.45) is 0 Å². The Balaban J connectivity index is 1.83. The molecule has 108 valence electrons. The van der Waals surface area contributed by atoms with Crippen molar-refractivity contribution < 1.29 is 17.9 Å².